The van der Waals surface area contributed by atoms with Crippen molar-refractivity contribution in [3.63, 3.8) is 0 Å². The zero-order valence-electron chi connectivity index (χ0n) is 16.2. The Bertz CT molecular complexity index is 528. The molecule has 2 rings (SSSR count). The van der Waals surface area contributed by atoms with Crippen molar-refractivity contribution >= 4 is 5.69 Å². The molecule has 0 unspecified atom stereocenters. The van der Waals surface area contributed by atoms with Gasteiger partial charge in [-0.05, 0) is 61.6 Å². The standard InChI is InChI=1S/C20H35N3/c1-15(2)23-10-8-16-12-17(22(7)11-9-21-6)13-19(18(16)14-23)20(3,4)5/h12-13,15,21H,8-11,14H2,1-7H3. The minimum absolute atomic E-state index is 0.184. The maximum atomic E-state index is 3.25. The average Bonchev–Trinajstić information content (AvgIpc) is 2.49. The smallest absolute Gasteiger partial charge is 0.0370 e. The predicted molar refractivity (Wildman–Crippen MR) is 102 cm³/mol. The van der Waals surface area contributed by atoms with E-state index in [4.69, 9.17) is 0 Å². The molecule has 1 aromatic rings. The summed E-state index contributed by atoms with van der Waals surface area (Å²) in [6, 6.07) is 5.48. The normalized spacial score (nSPS) is 15.8. The van der Waals surface area contributed by atoms with E-state index in [0.29, 0.717) is 6.04 Å². The Morgan fingerprint density at radius 2 is 1.96 bits per heavy atom. The van der Waals surface area contributed by atoms with Gasteiger partial charge in [0, 0.05) is 45.0 Å². The molecular formula is C20H35N3. The van der Waals surface area contributed by atoms with Gasteiger partial charge < -0.3 is 10.2 Å². The summed E-state index contributed by atoms with van der Waals surface area (Å²) in [6.07, 6.45) is 1.17. The van der Waals surface area contributed by atoms with E-state index < -0.39 is 0 Å². The lowest BCUT2D eigenvalue weighted by atomic mass is 9.80. The summed E-state index contributed by atoms with van der Waals surface area (Å²) in [5, 5.41) is 3.25. The Kier molecular flexibility index (Phi) is 5.74. The van der Waals surface area contributed by atoms with Crippen molar-refractivity contribution < 1.29 is 0 Å². The molecule has 1 aliphatic heterocycles. The van der Waals surface area contributed by atoms with E-state index in [2.05, 4.69) is 68.9 Å². The van der Waals surface area contributed by atoms with Gasteiger partial charge >= 0.3 is 0 Å². The second-order valence-corrected chi connectivity index (χ2v) is 8.22. The van der Waals surface area contributed by atoms with Crippen molar-refractivity contribution in [3.8, 4) is 0 Å². The van der Waals surface area contributed by atoms with Gasteiger partial charge in [-0.15, -0.1) is 0 Å². The van der Waals surface area contributed by atoms with Crippen LogP contribution in [0.2, 0.25) is 0 Å². The quantitative estimate of drug-likeness (QED) is 0.898. The molecule has 0 aliphatic carbocycles. The van der Waals surface area contributed by atoms with Crippen LogP contribution in [0, 0.1) is 0 Å². The van der Waals surface area contributed by atoms with Crippen molar-refractivity contribution in [2.45, 2.75) is 59.0 Å². The molecule has 1 heterocycles. The molecule has 23 heavy (non-hydrogen) atoms. The first kappa shape index (κ1) is 18.3. The van der Waals surface area contributed by atoms with Gasteiger partial charge in [0.1, 0.15) is 0 Å². The summed E-state index contributed by atoms with van der Waals surface area (Å²) < 4.78 is 0. The highest BCUT2D eigenvalue weighted by molar-refractivity contribution is 5.56. The van der Waals surface area contributed by atoms with E-state index in [0.717, 1.165) is 19.6 Å². The molecular weight excluding hydrogens is 282 g/mol. The monoisotopic (exact) mass is 317 g/mol. The fraction of sp³-hybridized carbons (Fsp3) is 0.700. The Balaban J connectivity index is 2.41. The largest absolute Gasteiger partial charge is 0.373 e. The van der Waals surface area contributed by atoms with Crippen LogP contribution in [0.3, 0.4) is 0 Å². The Hall–Kier alpha value is -1.06. The van der Waals surface area contributed by atoms with Gasteiger partial charge in [-0.25, -0.2) is 0 Å². The summed E-state index contributed by atoms with van der Waals surface area (Å²) in [6.45, 7) is 16.0. The van der Waals surface area contributed by atoms with Crippen LogP contribution in [0.4, 0.5) is 5.69 Å². The van der Waals surface area contributed by atoms with Crippen LogP contribution in [0.15, 0.2) is 12.1 Å². The number of hydrogen-bond donors (Lipinski definition) is 1. The molecule has 0 saturated carbocycles. The number of fused-ring (bicyclic) bond motifs is 1. The van der Waals surface area contributed by atoms with Crippen molar-refractivity contribution in [1.82, 2.24) is 10.2 Å². The lowest BCUT2D eigenvalue weighted by molar-refractivity contribution is 0.201. The summed E-state index contributed by atoms with van der Waals surface area (Å²) in [5.41, 5.74) is 6.20. The van der Waals surface area contributed by atoms with Crippen LogP contribution < -0.4 is 10.2 Å². The topological polar surface area (TPSA) is 18.5 Å². The minimum atomic E-state index is 0.184. The van der Waals surface area contributed by atoms with Crippen molar-refractivity contribution in [3.05, 3.63) is 28.8 Å². The number of anilines is 1. The van der Waals surface area contributed by atoms with Gasteiger partial charge in [-0.1, -0.05) is 20.8 Å². The Morgan fingerprint density at radius 3 is 2.52 bits per heavy atom. The zero-order chi connectivity index (χ0) is 17.2. The highest BCUT2D eigenvalue weighted by Crippen LogP contribution is 2.35. The van der Waals surface area contributed by atoms with E-state index in [9.17, 15) is 0 Å². The van der Waals surface area contributed by atoms with Crippen LogP contribution >= 0.6 is 0 Å². The van der Waals surface area contributed by atoms with E-state index in [1.54, 1.807) is 11.1 Å². The molecule has 1 N–H and O–H groups in total. The van der Waals surface area contributed by atoms with Crippen molar-refractivity contribution in [2.75, 3.05) is 38.6 Å². The SMILES string of the molecule is CNCCN(C)c1cc2c(c(C(C)(C)C)c1)CN(C(C)C)CC2. The van der Waals surface area contributed by atoms with Gasteiger partial charge in [0.25, 0.3) is 0 Å². The number of hydrogen-bond acceptors (Lipinski definition) is 3. The first-order chi connectivity index (χ1) is 10.7. The number of rotatable bonds is 5. The van der Waals surface area contributed by atoms with Gasteiger partial charge in [0.15, 0.2) is 0 Å². The van der Waals surface area contributed by atoms with Gasteiger partial charge in [-0.3, -0.25) is 4.90 Å². The minimum Gasteiger partial charge on any atom is -0.373 e. The molecule has 3 heteroatoms. The van der Waals surface area contributed by atoms with Crippen molar-refractivity contribution in [2.24, 2.45) is 0 Å². The molecule has 130 valence electrons. The third-order valence-corrected chi connectivity index (χ3v) is 5.03. The van der Waals surface area contributed by atoms with Crippen LogP contribution in [-0.4, -0.2) is 44.7 Å². The number of nitrogens with one attached hydrogen (secondary N) is 1. The lowest BCUT2D eigenvalue weighted by Gasteiger charge is -2.37. The maximum Gasteiger partial charge on any atom is 0.0370 e. The molecule has 1 aliphatic rings. The van der Waals surface area contributed by atoms with E-state index in [1.165, 1.54) is 24.2 Å². The van der Waals surface area contributed by atoms with Crippen LogP contribution in [-0.2, 0) is 18.4 Å². The van der Waals surface area contributed by atoms with Crippen LogP contribution in [0.25, 0.3) is 0 Å². The molecule has 0 saturated heterocycles. The maximum absolute atomic E-state index is 3.25. The zero-order valence-corrected chi connectivity index (χ0v) is 16.2. The van der Waals surface area contributed by atoms with Gasteiger partial charge in [0.05, 0.1) is 0 Å². The highest BCUT2D eigenvalue weighted by atomic mass is 15.2. The average molecular weight is 318 g/mol. The first-order valence-electron chi connectivity index (χ1n) is 9.00. The third-order valence-electron chi connectivity index (χ3n) is 5.03. The van der Waals surface area contributed by atoms with E-state index in [-0.39, 0.29) is 5.41 Å². The molecule has 0 spiro atoms. The number of likely N-dealkylation sites (N-methyl/N-ethyl adjacent to an activating group) is 2. The third kappa shape index (κ3) is 4.27. The van der Waals surface area contributed by atoms with Crippen LogP contribution in [0.5, 0.6) is 0 Å². The molecule has 0 amide bonds. The van der Waals surface area contributed by atoms with Crippen molar-refractivity contribution in [1.29, 1.82) is 0 Å². The molecule has 0 radical (unpaired) electrons. The second kappa shape index (κ2) is 7.23. The van der Waals surface area contributed by atoms with Gasteiger partial charge in [0.2, 0.25) is 0 Å². The fourth-order valence-electron chi connectivity index (χ4n) is 3.41. The molecule has 1 aromatic carbocycles. The number of nitrogens with zero attached hydrogens (tertiary/aromatic N) is 2. The molecule has 0 aromatic heterocycles. The summed E-state index contributed by atoms with van der Waals surface area (Å²) in [7, 11) is 4.22. The first-order valence-corrected chi connectivity index (χ1v) is 9.00. The Morgan fingerprint density at radius 1 is 1.26 bits per heavy atom. The summed E-state index contributed by atoms with van der Waals surface area (Å²) in [5.74, 6) is 0. The van der Waals surface area contributed by atoms with Crippen LogP contribution in [0.1, 0.15) is 51.3 Å². The predicted octanol–water partition coefficient (Wildman–Crippen LogP) is 3.41. The highest BCUT2D eigenvalue weighted by Gasteiger charge is 2.27. The Labute approximate surface area is 143 Å². The summed E-state index contributed by atoms with van der Waals surface area (Å²) >= 11 is 0. The molecule has 0 bridgehead atoms. The number of benzene rings is 1. The van der Waals surface area contributed by atoms with Gasteiger partial charge in [-0.2, -0.15) is 0 Å². The van der Waals surface area contributed by atoms with E-state index in [1.807, 2.05) is 7.05 Å². The van der Waals surface area contributed by atoms with E-state index >= 15 is 0 Å². The molecule has 3 nitrogen and oxygen atoms in total. The summed E-state index contributed by atoms with van der Waals surface area (Å²) in [4.78, 5) is 4.98. The fourth-order valence-corrected chi connectivity index (χ4v) is 3.41. The second-order valence-electron chi connectivity index (χ2n) is 8.22. The molecule has 0 atom stereocenters. The molecule has 0 fully saturated rings. The lowest BCUT2D eigenvalue weighted by Crippen LogP contribution is -2.37.